The predicted molar refractivity (Wildman–Crippen MR) is 149 cm³/mol. The van der Waals surface area contributed by atoms with Gasteiger partial charge in [0.05, 0.1) is 11.2 Å². The van der Waals surface area contributed by atoms with E-state index < -0.39 is 0 Å². The fourth-order valence-electron chi connectivity index (χ4n) is 9.75. The summed E-state index contributed by atoms with van der Waals surface area (Å²) in [6, 6.07) is 9.95. The number of aromatic nitrogens is 1. The summed E-state index contributed by atoms with van der Waals surface area (Å²) in [5, 5.41) is 2.57. The maximum Gasteiger partial charge on any atom is 0.0974 e. The quantitative estimate of drug-likeness (QED) is 0.504. The Labute approximate surface area is 221 Å². The molecule has 6 aliphatic rings. The number of hydrogen-bond acceptors (Lipinski definition) is 4. The summed E-state index contributed by atoms with van der Waals surface area (Å²) in [6.45, 7) is 7.44. The van der Waals surface area contributed by atoms with Crippen LogP contribution >= 0.6 is 0 Å². The summed E-state index contributed by atoms with van der Waals surface area (Å²) in [5.74, 6) is 1.19. The Hall–Kier alpha value is -2.01. The molecule has 194 valence electrons. The fourth-order valence-corrected chi connectivity index (χ4v) is 9.75. The molecule has 3 aliphatic carbocycles. The highest BCUT2D eigenvalue weighted by molar-refractivity contribution is 5.82. The van der Waals surface area contributed by atoms with E-state index in [-0.39, 0.29) is 16.6 Å². The van der Waals surface area contributed by atoms with Crippen molar-refractivity contribution in [1.82, 2.24) is 14.8 Å². The molecule has 1 aromatic carbocycles. The minimum absolute atomic E-state index is 0.00540. The Bertz CT molecular complexity index is 1310. The summed E-state index contributed by atoms with van der Waals surface area (Å²) >= 11 is 0. The van der Waals surface area contributed by atoms with Crippen molar-refractivity contribution in [2.75, 3.05) is 33.2 Å². The fraction of sp³-hybridized carbons (Fsp3) is 0.606. The van der Waals surface area contributed by atoms with E-state index in [2.05, 4.69) is 65.2 Å². The number of fused-ring (bicyclic) bond motifs is 2. The lowest BCUT2D eigenvalue weighted by Gasteiger charge is -2.55. The van der Waals surface area contributed by atoms with Crippen molar-refractivity contribution in [2.45, 2.75) is 81.5 Å². The van der Waals surface area contributed by atoms with Crippen LogP contribution in [0.3, 0.4) is 0 Å². The van der Waals surface area contributed by atoms with Crippen LogP contribution in [0.15, 0.2) is 60.0 Å². The summed E-state index contributed by atoms with van der Waals surface area (Å²) in [6.07, 6.45) is 19.1. The molecular formula is C33H41N3O. The largest absolute Gasteiger partial charge is 0.359 e. The number of piperazine rings is 1. The van der Waals surface area contributed by atoms with Crippen molar-refractivity contribution in [3.63, 3.8) is 0 Å². The second-order valence-electron chi connectivity index (χ2n) is 13.4. The van der Waals surface area contributed by atoms with Gasteiger partial charge < -0.3 is 9.64 Å². The van der Waals surface area contributed by atoms with Crippen molar-refractivity contribution in [3.8, 4) is 0 Å². The summed E-state index contributed by atoms with van der Waals surface area (Å²) in [7, 11) is 2.26. The van der Waals surface area contributed by atoms with Crippen LogP contribution < -0.4 is 0 Å². The van der Waals surface area contributed by atoms with Gasteiger partial charge in [0.25, 0.3) is 0 Å². The highest BCUT2D eigenvalue weighted by atomic mass is 16.5. The molecule has 0 radical (unpaired) electrons. The molecule has 0 N–H and O–H groups in total. The first kappa shape index (κ1) is 22.9. The first-order valence-corrected chi connectivity index (χ1v) is 14.9. The lowest BCUT2D eigenvalue weighted by Crippen LogP contribution is -2.57. The van der Waals surface area contributed by atoms with Crippen LogP contribution in [0.4, 0.5) is 0 Å². The molecular weight excluding hydrogens is 454 g/mol. The Morgan fingerprint density at radius 1 is 1.00 bits per heavy atom. The maximum atomic E-state index is 7.57. The van der Waals surface area contributed by atoms with Crippen molar-refractivity contribution >= 4 is 10.8 Å². The van der Waals surface area contributed by atoms with Gasteiger partial charge in [-0.2, -0.15) is 0 Å². The van der Waals surface area contributed by atoms with E-state index in [1.807, 2.05) is 12.4 Å². The molecule has 3 aliphatic heterocycles. The average Bonchev–Trinajstić information content (AvgIpc) is 3.43. The monoisotopic (exact) mass is 495 g/mol. The zero-order valence-corrected chi connectivity index (χ0v) is 22.6. The van der Waals surface area contributed by atoms with Crippen molar-refractivity contribution in [2.24, 2.45) is 11.3 Å². The molecule has 4 heteroatoms. The van der Waals surface area contributed by atoms with Gasteiger partial charge in [0.2, 0.25) is 0 Å². The number of ether oxygens (including phenoxy) is 1. The minimum atomic E-state index is -0.0618. The van der Waals surface area contributed by atoms with Gasteiger partial charge in [0.1, 0.15) is 0 Å². The topological polar surface area (TPSA) is 28.6 Å². The van der Waals surface area contributed by atoms with Crippen LogP contribution in [0.5, 0.6) is 0 Å². The molecule has 4 nitrogen and oxygen atoms in total. The third kappa shape index (κ3) is 3.22. The highest BCUT2D eigenvalue weighted by Crippen LogP contribution is 2.69. The molecule has 8 rings (SSSR count). The van der Waals surface area contributed by atoms with E-state index in [0.717, 1.165) is 0 Å². The molecule has 2 aromatic rings. The zero-order valence-electron chi connectivity index (χ0n) is 22.6. The minimum Gasteiger partial charge on any atom is -0.359 e. The second kappa shape index (κ2) is 8.00. The number of benzene rings is 1. The highest BCUT2D eigenvalue weighted by Gasteiger charge is 2.66. The predicted octanol–water partition coefficient (Wildman–Crippen LogP) is 6.09. The van der Waals surface area contributed by atoms with Gasteiger partial charge in [-0.15, -0.1) is 0 Å². The standard InChI is InChI=1S/C33H41N3O/c1-31-11-9-27-20-26-5-6-28(36-17-15-35(2)16-18-36)21-32(26)12-13-33(27,37-32)30(31)8-7-29(31)24-4-3-23-10-14-34-22-25(23)19-24/h3-4,9-10,14,19-20,22,28-30H,5-8,11-13,15-18,21H2,1-2H3/t28-,29-,30-,31-,32-,33-/m1/s1. The molecule has 2 spiro atoms. The van der Waals surface area contributed by atoms with E-state index in [0.29, 0.717) is 17.9 Å². The van der Waals surface area contributed by atoms with E-state index >= 15 is 0 Å². The Balaban J connectivity index is 1.12. The zero-order chi connectivity index (χ0) is 24.8. The maximum absolute atomic E-state index is 7.57. The van der Waals surface area contributed by atoms with E-state index in [9.17, 15) is 0 Å². The van der Waals surface area contributed by atoms with Crippen LogP contribution in [-0.4, -0.2) is 65.3 Å². The lowest BCUT2D eigenvalue weighted by molar-refractivity contribution is -0.141. The van der Waals surface area contributed by atoms with Crippen LogP contribution in [0.25, 0.3) is 10.8 Å². The first-order valence-electron chi connectivity index (χ1n) is 14.9. The Kier molecular flexibility index (Phi) is 4.96. The van der Waals surface area contributed by atoms with Crippen LogP contribution in [0.2, 0.25) is 0 Å². The van der Waals surface area contributed by atoms with E-state index in [1.165, 1.54) is 93.9 Å². The molecule has 2 bridgehead atoms. The molecule has 37 heavy (non-hydrogen) atoms. The molecule has 4 fully saturated rings. The van der Waals surface area contributed by atoms with Gasteiger partial charge >= 0.3 is 0 Å². The molecule has 2 saturated heterocycles. The first-order chi connectivity index (χ1) is 18.0. The second-order valence-corrected chi connectivity index (χ2v) is 13.4. The number of allylic oxidation sites excluding steroid dienone is 1. The van der Waals surface area contributed by atoms with E-state index in [1.54, 1.807) is 11.1 Å². The van der Waals surface area contributed by atoms with Gasteiger partial charge in [0, 0.05) is 50.0 Å². The molecule has 6 atom stereocenters. The lowest BCUT2D eigenvalue weighted by atomic mass is 9.58. The summed E-state index contributed by atoms with van der Waals surface area (Å²) < 4.78 is 7.57. The number of rotatable bonds is 2. The van der Waals surface area contributed by atoms with Gasteiger partial charge in [-0.05, 0) is 110 Å². The summed E-state index contributed by atoms with van der Waals surface area (Å²) in [5.41, 5.74) is 4.85. The summed E-state index contributed by atoms with van der Waals surface area (Å²) in [4.78, 5) is 9.67. The number of likely N-dealkylation sites (N-methyl/N-ethyl adjacent to an activating group) is 1. The van der Waals surface area contributed by atoms with Gasteiger partial charge in [-0.1, -0.05) is 31.2 Å². The van der Waals surface area contributed by atoms with Crippen LogP contribution in [0.1, 0.15) is 69.8 Å². The normalized spacial score (nSPS) is 41.6. The molecule has 0 amide bonds. The third-order valence-electron chi connectivity index (χ3n) is 11.8. The van der Waals surface area contributed by atoms with Gasteiger partial charge in [-0.25, -0.2) is 0 Å². The number of pyridine rings is 1. The van der Waals surface area contributed by atoms with E-state index in [4.69, 9.17) is 4.74 Å². The van der Waals surface area contributed by atoms with Crippen molar-refractivity contribution in [3.05, 3.63) is 65.5 Å². The molecule has 4 heterocycles. The third-order valence-corrected chi connectivity index (χ3v) is 11.8. The average molecular weight is 496 g/mol. The van der Waals surface area contributed by atoms with Gasteiger partial charge in [-0.3, -0.25) is 9.88 Å². The smallest absolute Gasteiger partial charge is 0.0974 e. The Morgan fingerprint density at radius 2 is 1.89 bits per heavy atom. The molecule has 2 saturated carbocycles. The van der Waals surface area contributed by atoms with Crippen molar-refractivity contribution < 1.29 is 4.74 Å². The molecule has 1 aromatic heterocycles. The molecule has 0 unspecified atom stereocenters. The SMILES string of the molecule is CN1CCN([C@@H]2CCC3=CC4=CC[C@]5(C)[C@@H](c6ccc7ccncc7c6)CC[C@H]5[C@@]45CC[C@]3(C2)O5)CC1. The Morgan fingerprint density at radius 3 is 2.78 bits per heavy atom. The van der Waals surface area contributed by atoms with Gasteiger partial charge in [0.15, 0.2) is 0 Å². The van der Waals surface area contributed by atoms with Crippen molar-refractivity contribution in [1.29, 1.82) is 0 Å². The van der Waals surface area contributed by atoms with Crippen LogP contribution in [-0.2, 0) is 4.74 Å². The number of nitrogens with zero attached hydrogens (tertiary/aromatic N) is 3. The number of hydrogen-bond donors (Lipinski definition) is 0. The van der Waals surface area contributed by atoms with Crippen LogP contribution in [0, 0.1) is 11.3 Å².